The van der Waals surface area contributed by atoms with E-state index in [1.807, 2.05) is 24.3 Å². The Hall–Kier alpha value is -3.35. The number of carbonyl (C=O) groups excluding carboxylic acids is 1. The van der Waals surface area contributed by atoms with Crippen molar-refractivity contribution in [3.8, 4) is 0 Å². The van der Waals surface area contributed by atoms with Gasteiger partial charge >= 0.3 is 5.97 Å². The molecular formula is C18H15N3O4. The van der Waals surface area contributed by atoms with Gasteiger partial charge in [0.05, 0.1) is 32.9 Å². The molecule has 0 saturated heterocycles. The Morgan fingerprint density at radius 1 is 1.08 bits per heavy atom. The van der Waals surface area contributed by atoms with Crippen molar-refractivity contribution >= 4 is 22.7 Å². The topological polar surface area (TPSA) is 95.2 Å². The second-order valence-electron chi connectivity index (χ2n) is 5.53. The van der Waals surface area contributed by atoms with Gasteiger partial charge in [-0.25, -0.2) is 14.8 Å². The predicted octanol–water partition coefficient (Wildman–Crippen LogP) is 3.51. The van der Waals surface area contributed by atoms with Gasteiger partial charge in [-0.15, -0.1) is 0 Å². The molecule has 0 radical (unpaired) electrons. The molecule has 0 aliphatic heterocycles. The fourth-order valence-corrected chi connectivity index (χ4v) is 2.52. The number of rotatable bonds is 4. The van der Waals surface area contributed by atoms with E-state index in [1.165, 1.54) is 25.1 Å². The molecule has 7 nitrogen and oxygen atoms in total. The lowest BCUT2D eigenvalue weighted by molar-refractivity contribution is -0.385. The van der Waals surface area contributed by atoms with Gasteiger partial charge in [0, 0.05) is 11.6 Å². The third-order valence-corrected chi connectivity index (χ3v) is 3.90. The summed E-state index contributed by atoms with van der Waals surface area (Å²) in [5.41, 5.74) is 3.03. The number of fused-ring (bicyclic) bond motifs is 1. The number of aryl methyl sites for hydroxylation is 1. The maximum absolute atomic E-state index is 12.3. The molecule has 0 bridgehead atoms. The maximum Gasteiger partial charge on any atom is 0.339 e. The fourth-order valence-electron chi connectivity index (χ4n) is 2.52. The molecule has 1 heterocycles. The summed E-state index contributed by atoms with van der Waals surface area (Å²) >= 11 is 0. The molecule has 0 N–H and O–H groups in total. The summed E-state index contributed by atoms with van der Waals surface area (Å²) in [5.74, 6) is -0.629. The van der Waals surface area contributed by atoms with Gasteiger partial charge in [-0.05, 0) is 32.0 Å². The average Bonchev–Trinajstić information content (AvgIpc) is 2.59. The molecule has 0 unspecified atom stereocenters. The van der Waals surface area contributed by atoms with E-state index in [-0.39, 0.29) is 23.4 Å². The standard InChI is InChI=1S/C18H15N3O4/c1-11-13(6-5-9-17(11)21(23)24)18(22)25-10-16-12(2)19-14-7-3-4-8-15(14)20-16/h3-9H,10H2,1-2H3. The lowest BCUT2D eigenvalue weighted by atomic mass is 10.1. The monoisotopic (exact) mass is 337 g/mol. The van der Waals surface area contributed by atoms with Crippen molar-refractivity contribution in [3.05, 3.63) is 75.1 Å². The normalized spacial score (nSPS) is 10.6. The molecule has 1 aromatic heterocycles. The molecule has 126 valence electrons. The van der Waals surface area contributed by atoms with Crippen LogP contribution in [0.25, 0.3) is 11.0 Å². The van der Waals surface area contributed by atoms with Crippen LogP contribution in [0.15, 0.2) is 42.5 Å². The number of benzene rings is 2. The minimum Gasteiger partial charge on any atom is -0.455 e. The molecule has 3 aromatic rings. The first kappa shape index (κ1) is 16.5. The van der Waals surface area contributed by atoms with E-state index in [4.69, 9.17) is 4.74 Å². The summed E-state index contributed by atoms with van der Waals surface area (Å²) < 4.78 is 5.30. The molecule has 0 fully saturated rings. The minimum atomic E-state index is -0.629. The number of ether oxygens (including phenoxy) is 1. The molecule has 2 aromatic carbocycles. The molecule has 0 aliphatic rings. The van der Waals surface area contributed by atoms with Crippen LogP contribution >= 0.6 is 0 Å². The Morgan fingerprint density at radius 3 is 2.44 bits per heavy atom. The number of carbonyl (C=O) groups is 1. The number of nitro groups is 1. The van der Waals surface area contributed by atoms with Gasteiger partial charge in [-0.3, -0.25) is 10.1 Å². The number of nitro benzene ring substituents is 1. The van der Waals surface area contributed by atoms with Crippen molar-refractivity contribution in [2.45, 2.75) is 20.5 Å². The Kier molecular flexibility index (Phi) is 4.38. The Balaban J connectivity index is 1.82. The van der Waals surface area contributed by atoms with E-state index in [0.717, 1.165) is 5.52 Å². The molecule has 25 heavy (non-hydrogen) atoms. The van der Waals surface area contributed by atoms with E-state index in [0.29, 0.717) is 16.9 Å². The molecule has 0 amide bonds. The number of esters is 1. The van der Waals surface area contributed by atoms with Gasteiger partial charge in [0.15, 0.2) is 0 Å². The summed E-state index contributed by atoms with van der Waals surface area (Å²) in [7, 11) is 0. The number of hydrogen-bond donors (Lipinski definition) is 0. The van der Waals surface area contributed by atoms with Crippen LogP contribution in [0.3, 0.4) is 0 Å². The Labute approximate surface area is 143 Å². The number of para-hydroxylation sites is 2. The summed E-state index contributed by atoms with van der Waals surface area (Å²) in [6.07, 6.45) is 0. The number of hydrogen-bond acceptors (Lipinski definition) is 6. The molecule has 7 heteroatoms. The SMILES string of the molecule is Cc1nc2ccccc2nc1COC(=O)c1cccc([N+](=O)[O-])c1C. The summed E-state index contributed by atoms with van der Waals surface area (Å²) in [4.78, 5) is 31.7. The molecular weight excluding hydrogens is 322 g/mol. The second-order valence-corrected chi connectivity index (χ2v) is 5.53. The lowest BCUT2D eigenvalue weighted by Gasteiger charge is -2.09. The van der Waals surface area contributed by atoms with Crippen molar-refractivity contribution < 1.29 is 14.5 Å². The zero-order chi connectivity index (χ0) is 18.0. The van der Waals surface area contributed by atoms with Gasteiger partial charge in [-0.1, -0.05) is 18.2 Å². The molecule has 0 aliphatic carbocycles. The lowest BCUT2D eigenvalue weighted by Crippen LogP contribution is -2.10. The predicted molar refractivity (Wildman–Crippen MR) is 91.2 cm³/mol. The third-order valence-electron chi connectivity index (χ3n) is 3.90. The zero-order valence-corrected chi connectivity index (χ0v) is 13.7. The van der Waals surface area contributed by atoms with Crippen LogP contribution in [0.1, 0.15) is 27.3 Å². The largest absolute Gasteiger partial charge is 0.455 e. The highest BCUT2D eigenvalue weighted by molar-refractivity contribution is 5.92. The van der Waals surface area contributed by atoms with E-state index < -0.39 is 10.9 Å². The highest BCUT2D eigenvalue weighted by Gasteiger charge is 2.19. The van der Waals surface area contributed by atoms with E-state index in [9.17, 15) is 14.9 Å². The summed E-state index contributed by atoms with van der Waals surface area (Å²) in [5, 5.41) is 11.0. The van der Waals surface area contributed by atoms with Crippen molar-refractivity contribution in [1.82, 2.24) is 9.97 Å². The van der Waals surface area contributed by atoms with E-state index in [1.54, 1.807) is 6.92 Å². The van der Waals surface area contributed by atoms with Gasteiger partial charge in [-0.2, -0.15) is 0 Å². The first-order valence-electron chi connectivity index (χ1n) is 7.61. The quantitative estimate of drug-likeness (QED) is 0.411. The van der Waals surface area contributed by atoms with E-state index in [2.05, 4.69) is 9.97 Å². The second kappa shape index (κ2) is 6.64. The van der Waals surface area contributed by atoms with Gasteiger partial charge in [0.1, 0.15) is 6.61 Å². The van der Waals surface area contributed by atoms with Crippen LogP contribution in [0.2, 0.25) is 0 Å². The molecule has 0 atom stereocenters. The summed E-state index contributed by atoms with van der Waals surface area (Å²) in [6, 6.07) is 11.7. The first-order valence-corrected chi connectivity index (χ1v) is 7.61. The number of nitrogens with zero attached hydrogens (tertiary/aromatic N) is 3. The van der Waals surface area contributed by atoms with Crippen LogP contribution in [-0.4, -0.2) is 20.9 Å². The first-order chi connectivity index (χ1) is 12.0. The number of aromatic nitrogens is 2. The Bertz CT molecular complexity index is 985. The van der Waals surface area contributed by atoms with Crippen molar-refractivity contribution in [2.24, 2.45) is 0 Å². The highest BCUT2D eigenvalue weighted by Crippen LogP contribution is 2.22. The smallest absolute Gasteiger partial charge is 0.339 e. The van der Waals surface area contributed by atoms with Crippen LogP contribution in [0.5, 0.6) is 0 Å². The van der Waals surface area contributed by atoms with Crippen LogP contribution in [-0.2, 0) is 11.3 Å². The third kappa shape index (κ3) is 3.30. The van der Waals surface area contributed by atoms with Crippen LogP contribution in [0, 0.1) is 24.0 Å². The minimum absolute atomic E-state index is 0.0510. The zero-order valence-electron chi connectivity index (χ0n) is 13.7. The van der Waals surface area contributed by atoms with Crippen molar-refractivity contribution in [3.63, 3.8) is 0 Å². The summed E-state index contributed by atoms with van der Waals surface area (Å²) in [6.45, 7) is 3.27. The Morgan fingerprint density at radius 2 is 1.76 bits per heavy atom. The molecule has 3 rings (SSSR count). The average molecular weight is 337 g/mol. The van der Waals surface area contributed by atoms with E-state index >= 15 is 0 Å². The fraction of sp³-hybridized carbons (Fsp3) is 0.167. The van der Waals surface area contributed by atoms with Crippen LogP contribution in [0.4, 0.5) is 5.69 Å². The molecule has 0 spiro atoms. The molecule has 0 saturated carbocycles. The van der Waals surface area contributed by atoms with Gasteiger partial charge in [0.2, 0.25) is 0 Å². The maximum atomic E-state index is 12.3. The van der Waals surface area contributed by atoms with Gasteiger partial charge in [0.25, 0.3) is 5.69 Å². The van der Waals surface area contributed by atoms with Crippen LogP contribution < -0.4 is 0 Å². The van der Waals surface area contributed by atoms with Crippen molar-refractivity contribution in [1.29, 1.82) is 0 Å². The van der Waals surface area contributed by atoms with Gasteiger partial charge < -0.3 is 4.74 Å². The highest BCUT2D eigenvalue weighted by atomic mass is 16.6. The van der Waals surface area contributed by atoms with Crippen molar-refractivity contribution in [2.75, 3.05) is 0 Å².